The minimum absolute atomic E-state index is 0.190. The molecule has 1 aromatic carbocycles. The summed E-state index contributed by atoms with van der Waals surface area (Å²) in [6.07, 6.45) is 2.41. The molecule has 0 spiro atoms. The highest BCUT2D eigenvalue weighted by Gasteiger charge is 2.20. The Balaban J connectivity index is 1.44. The Labute approximate surface area is 184 Å². The molecule has 3 heterocycles. The van der Waals surface area contributed by atoms with E-state index in [1.54, 1.807) is 30.5 Å². The molecule has 0 unspecified atom stereocenters. The number of anilines is 1. The van der Waals surface area contributed by atoms with Gasteiger partial charge in [0.15, 0.2) is 0 Å². The summed E-state index contributed by atoms with van der Waals surface area (Å²) in [5.74, 6) is 1.26. The second-order valence-corrected chi connectivity index (χ2v) is 8.17. The molecule has 4 rings (SSSR count). The molecule has 3 aromatic heterocycles. The normalized spacial score (nSPS) is 11.5. The Morgan fingerprint density at radius 1 is 1.16 bits per heavy atom. The molecule has 2 N–H and O–H groups in total. The Hall–Kier alpha value is -3.92. The quantitative estimate of drug-likeness (QED) is 0.468. The number of hydrogen-bond acceptors (Lipinski definition) is 8. The molecule has 166 valence electrons. The average Bonchev–Trinajstić information content (AvgIpc) is 3.36. The third-order valence-electron chi connectivity index (χ3n) is 4.59. The number of ether oxygens (including phenoxy) is 1. The van der Waals surface area contributed by atoms with Crippen LogP contribution in [0.1, 0.15) is 32.2 Å². The van der Waals surface area contributed by atoms with E-state index in [4.69, 9.17) is 14.1 Å². The van der Waals surface area contributed by atoms with Crippen molar-refractivity contribution in [2.45, 2.75) is 32.7 Å². The SMILES string of the molecule is CNCc1cc(Oc2ccc3c(ccn3OC(=O)Nc3cc(C(C)(C)C)no3)c2)ncn1. The summed E-state index contributed by atoms with van der Waals surface area (Å²) in [6.45, 7) is 6.63. The van der Waals surface area contributed by atoms with Gasteiger partial charge in [0, 0.05) is 35.7 Å². The Morgan fingerprint density at radius 2 is 2.00 bits per heavy atom. The number of nitrogens with one attached hydrogen (secondary N) is 2. The number of rotatable bonds is 6. The number of hydrogen-bond donors (Lipinski definition) is 2. The maximum atomic E-state index is 12.3. The van der Waals surface area contributed by atoms with Crippen LogP contribution in [0.5, 0.6) is 11.6 Å². The summed E-state index contributed by atoms with van der Waals surface area (Å²) in [4.78, 5) is 26.0. The molecule has 0 aliphatic carbocycles. The molecule has 32 heavy (non-hydrogen) atoms. The second-order valence-electron chi connectivity index (χ2n) is 8.17. The molecular formula is C22H24N6O4. The Morgan fingerprint density at radius 3 is 2.75 bits per heavy atom. The van der Waals surface area contributed by atoms with Crippen LogP contribution in [0.25, 0.3) is 10.9 Å². The highest BCUT2D eigenvalue weighted by molar-refractivity contribution is 5.85. The third-order valence-corrected chi connectivity index (χ3v) is 4.59. The first-order valence-electron chi connectivity index (χ1n) is 10.0. The van der Waals surface area contributed by atoms with Gasteiger partial charge in [-0.15, -0.1) is 0 Å². The monoisotopic (exact) mass is 436 g/mol. The second kappa shape index (κ2) is 8.67. The van der Waals surface area contributed by atoms with Crippen molar-refractivity contribution < 1.29 is 18.9 Å². The number of amides is 1. The van der Waals surface area contributed by atoms with Gasteiger partial charge >= 0.3 is 6.09 Å². The van der Waals surface area contributed by atoms with Gasteiger partial charge in [0.05, 0.1) is 16.9 Å². The van der Waals surface area contributed by atoms with E-state index in [1.807, 2.05) is 40.0 Å². The van der Waals surface area contributed by atoms with E-state index in [0.29, 0.717) is 23.7 Å². The summed E-state index contributed by atoms with van der Waals surface area (Å²) in [5.41, 5.74) is 2.06. The van der Waals surface area contributed by atoms with Crippen molar-refractivity contribution >= 4 is 22.9 Å². The molecule has 0 saturated heterocycles. The standard InChI is InChI=1S/C22H24N6O4/c1-22(2,3)18-11-20(31-27-18)26-21(29)32-28-8-7-14-9-16(5-6-17(14)28)30-19-10-15(12-23-4)24-13-25-19/h5-11,13,23H,12H2,1-4H3,(H,26,29). The number of nitrogens with zero attached hydrogens (tertiary/aromatic N) is 4. The van der Waals surface area contributed by atoms with Crippen molar-refractivity contribution in [2.75, 3.05) is 12.4 Å². The van der Waals surface area contributed by atoms with Crippen LogP contribution in [0.4, 0.5) is 10.7 Å². The Kier molecular flexibility index (Phi) is 5.78. The summed E-state index contributed by atoms with van der Waals surface area (Å²) in [6, 6.07) is 10.7. The van der Waals surface area contributed by atoms with Crippen LogP contribution in [0, 0.1) is 0 Å². The summed E-state index contributed by atoms with van der Waals surface area (Å²) >= 11 is 0. The van der Waals surface area contributed by atoms with Crippen LogP contribution >= 0.6 is 0 Å². The first kappa shape index (κ1) is 21.3. The van der Waals surface area contributed by atoms with Gasteiger partial charge < -0.3 is 19.4 Å². The summed E-state index contributed by atoms with van der Waals surface area (Å²) < 4.78 is 12.4. The third kappa shape index (κ3) is 4.86. The fraction of sp³-hybridized carbons (Fsp3) is 0.273. The maximum Gasteiger partial charge on any atom is 0.438 e. The molecule has 0 saturated carbocycles. The number of fused-ring (bicyclic) bond motifs is 1. The van der Waals surface area contributed by atoms with Gasteiger partial charge in [0.25, 0.3) is 0 Å². The summed E-state index contributed by atoms with van der Waals surface area (Å²) in [5, 5.41) is 10.4. The van der Waals surface area contributed by atoms with Gasteiger partial charge in [-0.1, -0.05) is 25.9 Å². The zero-order valence-electron chi connectivity index (χ0n) is 18.2. The highest BCUT2D eigenvalue weighted by atomic mass is 16.7. The Bertz CT molecular complexity index is 1240. The van der Waals surface area contributed by atoms with E-state index in [2.05, 4.69) is 25.8 Å². The zero-order valence-corrected chi connectivity index (χ0v) is 18.2. The minimum atomic E-state index is -0.697. The van der Waals surface area contributed by atoms with Crippen LogP contribution in [-0.2, 0) is 12.0 Å². The molecule has 0 bridgehead atoms. The molecule has 10 heteroatoms. The van der Waals surface area contributed by atoms with Crippen LogP contribution in [0.15, 0.2) is 53.4 Å². The minimum Gasteiger partial charge on any atom is -0.439 e. The smallest absolute Gasteiger partial charge is 0.438 e. The average molecular weight is 436 g/mol. The first-order valence-corrected chi connectivity index (χ1v) is 10.0. The van der Waals surface area contributed by atoms with Crippen molar-refractivity contribution in [3.8, 4) is 11.6 Å². The first-order chi connectivity index (χ1) is 15.3. The van der Waals surface area contributed by atoms with Gasteiger partial charge in [0.1, 0.15) is 12.1 Å². The molecule has 4 aromatic rings. The van der Waals surface area contributed by atoms with Crippen LogP contribution < -0.4 is 20.2 Å². The van der Waals surface area contributed by atoms with Crippen molar-refractivity contribution in [3.05, 3.63) is 60.3 Å². The van der Waals surface area contributed by atoms with Crippen molar-refractivity contribution in [1.29, 1.82) is 0 Å². The van der Waals surface area contributed by atoms with Crippen molar-refractivity contribution in [2.24, 2.45) is 0 Å². The molecule has 1 amide bonds. The number of aromatic nitrogens is 4. The van der Waals surface area contributed by atoms with E-state index in [1.165, 1.54) is 11.1 Å². The van der Waals surface area contributed by atoms with Crippen LogP contribution in [-0.4, -0.2) is 33.0 Å². The fourth-order valence-electron chi connectivity index (χ4n) is 2.97. The zero-order chi connectivity index (χ0) is 22.7. The van der Waals surface area contributed by atoms with Crippen LogP contribution in [0.3, 0.4) is 0 Å². The summed E-state index contributed by atoms with van der Waals surface area (Å²) in [7, 11) is 1.85. The van der Waals surface area contributed by atoms with E-state index < -0.39 is 6.09 Å². The lowest BCUT2D eigenvalue weighted by atomic mass is 9.92. The number of carbonyl (C=O) groups is 1. The largest absolute Gasteiger partial charge is 0.439 e. The lowest BCUT2D eigenvalue weighted by molar-refractivity contribution is 0.152. The van der Waals surface area contributed by atoms with Crippen LogP contribution in [0.2, 0.25) is 0 Å². The van der Waals surface area contributed by atoms with Crippen molar-refractivity contribution in [1.82, 2.24) is 25.2 Å². The molecule has 0 aliphatic heterocycles. The highest BCUT2D eigenvalue weighted by Crippen LogP contribution is 2.26. The van der Waals surface area contributed by atoms with E-state index in [0.717, 1.165) is 16.8 Å². The van der Waals surface area contributed by atoms with E-state index in [9.17, 15) is 4.79 Å². The van der Waals surface area contributed by atoms with Crippen molar-refractivity contribution in [3.63, 3.8) is 0 Å². The van der Waals surface area contributed by atoms with E-state index >= 15 is 0 Å². The molecule has 0 atom stereocenters. The number of benzene rings is 1. The molecular weight excluding hydrogens is 412 g/mol. The number of carbonyl (C=O) groups excluding carboxylic acids is 1. The molecule has 10 nitrogen and oxygen atoms in total. The van der Waals surface area contributed by atoms with Gasteiger partial charge in [-0.25, -0.2) is 14.8 Å². The lowest BCUT2D eigenvalue weighted by Crippen LogP contribution is -2.24. The molecule has 0 radical (unpaired) electrons. The molecule has 0 fully saturated rings. The van der Waals surface area contributed by atoms with Gasteiger partial charge in [0.2, 0.25) is 11.8 Å². The topological polar surface area (TPSA) is 116 Å². The fourth-order valence-corrected chi connectivity index (χ4v) is 2.97. The molecule has 0 aliphatic rings. The van der Waals surface area contributed by atoms with E-state index in [-0.39, 0.29) is 11.3 Å². The predicted molar refractivity (Wildman–Crippen MR) is 118 cm³/mol. The maximum absolute atomic E-state index is 12.3. The van der Waals surface area contributed by atoms with Gasteiger partial charge in [-0.2, -0.15) is 4.73 Å². The lowest BCUT2D eigenvalue weighted by Gasteiger charge is -2.12. The predicted octanol–water partition coefficient (Wildman–Crippen LogP) is 3.89. The van der Waals surface area contributed by atoms with Gasteiger partial charge in [-0.05, 0) is 31.3 Å². The van der Waals surface area contributed by atoms with Gasteiger partial charge in [-0.3, -0.25) is 5.32 Å².